The average molecular weight is 291 g/mol. The first-order valence-electron chi connectivity index (χ1n) is 4.67. The number of hydrogen-bond acceptors (Lipinski definition) is 2. The second kappa shape index (κ2) is 6.28. The number of Topliss-reactive ketones (excluding diaryl/α,β-unsaturated/α-hetero) is 1. The molecule has 0 fully saturated rings. The lowest BCUT2D eigenvalue weighted by Crippen LogP contribution is -2.07. The highest BCUT2D eigenvalue weighted by molar-refractivity contribution is 9.10. The third kappa shape index (κ3) is 4.34. The van der Waals surface area contributed by atoms with Gasteiger partial charge in [-0.15, -0.1) is 0 Å². The lowest BCUT2D eigenvalue weighted by molar-refractivity contribution is -0.116. The predicted molar refractivity (Wildman–Crippen MR) is 65.8 cm³/mol. The highest BCUT2D eigenvalue weighted by Crippen LogP contribution is 2.16. The molecule has 0 N–H and O–H groups in total. The van der Waals surface area contributed by atoms with E-state index in [2.05, 4.69) is 15.9 Å². The highest BCUT2D eigenvalue weighted by Gasteiger charge is 2.08. The Morgan fingerprint density at radius 3 is 2.87 bits per heavy atom. The second-order valence-corrected chi connectivity index (χ2v) is 5.28. The minimum atomic E-state index is -0.320. The Balaban J connectivity index is 2.60. The maximum atomic E-state index is 13.3. The molecule has 0 unspecified atom stereocenters. The third-order valence-electron chi connectivity index (χ3n) is 1.87. The van der Waals surface area contributed by atoms with Gasteiger partial charge in [0.15, 0.2) is 0 Å². The van der Waals surface area contributed by atoms with E-state index in [1.54, 1.807) is 23.9 Å². The van der Waals surface area contributed by atoms with Gasteiger partial charge >= 0.3 is 0 Å². The zero-order valence-electron chi connectivity index (χ0n) is 8.43. The molecule has 0 atom stereocenters. The molecule has 0 spiro atoms. The Morgan fingerprint density at radius 2 is 2.27 bits per heavy atom. The topological polar surface area (TPSA) is 17.1 Å². The van der Waals surface area contributed by atoms with E-state index in [-0.39, 0.29) is 18.0 Å². The minimum Gasteiger partial charge on any atom is -0.298 e. The molecule has 82 valence electrons. The zero-order valence-corrected chi connectivity index (χ0v) is 10.8. The molecule has 0 amide bonds. The molecule has 1 aromatic carbocycles. The molecule has 4 heteroatoms. The van der Waals surface area contributed by atoms with E-state index >= 15 is 0 Å². The van der Waals surface area contributed by atoms with E-state index < -0.39 is 0 Å². The van der Waals surface area contributed by atoms with Crippen molar-refractivity contribution < 1.29 is 9.18 Å². The summed E-state index contributed by atoms with van der Waals surface area (Å²) < 4.78 is 14.0. The highest BCUT2D eigenvalue weighted by atomic mass is 79.9. The molecular weight excluding hydrogens is 279 g/mol. The van der Waals surface area contributed by atoms with Crippen LogP contribution in [-0.2, 0) is 11.2 Å². The van der Waals surface area contributed by atoms with Gasteiger partial charge < -0.3 is 0 Å². The van der Waals surface area contributed by atoms with Crippen molar-refractivity contribution in [2.45, 2.75) is 13.3 Å². The van der Waals surface area contributed by atoms with Crippen LogP contribution in [0.2, 0.25) is 0 Å². The summed E-state index contributed by atoms with van der Waals surface area (Å²) in [6, 6.07) is 4.78. The summed E-state index contributed by atoms with van der Waals surface area (Å²) in [5, 5.41) is 0. The first-order chi connectivity index (χ1) is 7.13. The molecule has 0 aliphatic heterocycles. The quantitative estimate of drug-likeness (QED) is 0.826. The van der Waals surface area contributed by atoms with Crippen molar-refractivity contribution >= 4 is 33.5 Å². The standard InChI is InChI=1S/C11H12BrFOS/c1-2-15-7-10(14)5-8-3-4-9(12)6-11(8)13/h3-4,6H,2,5,7H2,1H3. The molecule has 1 aromatic rings. The van der Waals surface area contributed by atoms with Crippen LogP contribution < -0.4 is 0 Å². The average Bonchev–Trinajstić information content (AvgIpc) is 2.19. The molecule has 15 heavy (non-hydrogen) atoms. The fourth-order valence-electron chi connectivity index (χ4n) is 1.14. The number of hydrogen-bond donors (Lipinski definition) is 0. The lowest BCUT2D eigenvalue weighted by Gasteiger charge is -2.02. The van der Waals surface area contributed by atoms with Crippen molar-refractivity contribution in [2.75, 3.05) is 11.5 Å². The van der Waals surface area contributed by atoms with Gasteiger partial charge in [0.2, 0.25) is 0 Å². The summed E-state index contributed by atoms with van der Waals surface area (Å²) in [5.74, 6) is 1.13. The number of thioether (sulfide) groups is 1. The molecule has 0 aliphatic carbocycles. The van der Waals surface area contributed by atoms with Crippen LogP contribution in [0.3, 0.4) is 0 Å². The smallest absolute Gasteiger partial charge is 0.147 e. The van der Waals surface area contributed by atoms with E-state index in [1.165, 1.54) is 6.07 Å². The Hall–Kier alpha value is -0.350. The van der Waals surface area contributed by atoms with Gasteiger partial charge in [0.05, 0.1) is 5.75 Å². The van der Waals surface area contributed by atoms with Crippen molar-refractivity contribution in [1.29, 1.82) is 0 Å². The molecule has 0 radical (unpaired) electrons. The summed E-state index contributed by atoms with van der Waals surface area (Å²) in [4.78, 5) is 11.4. The number of rotatable bonds is 5. The summed E-state index contributed by atoms with van der Waals surface area (Å²) >= 11 is 4.74. The van der Waals surface area contributed by atoms with Gasteiger partial charge in [-0.05, 0) is 23.4 Å². The number of carbonyl (C=O) groups excluding carboxylic acids is 1. The molecule has 0 saturated heterocycles. The van der Waals surface area contributed by atoms with Crippen LogP contribution in [-0.4, -0.2) is 17.3 Å². The van der Waals surface area contributed by atoms with E-state index in [4.69, 9.17) is 0 Å². The Bertz CT molecular complexity index is 354. The normalized spacial score (nSPS) is 10.3. The molecule has 0 saturated carbocycles. The van der Waals surface area contributed by atoms with Crippen LogP contribution >= 0.6 is 27.7 Å². The van der Waals surface area contributed by atoms with E-state index in [9.17, 15) is 9.18 Å². The molecule has 0 bridgehead atoms. The van der Waals surface area contributed by atoms with Crippen molar-refractivity contribution in [2.24, 2.45) is 0 Å². The summed E-state index contributed by atoms with van der Waals surface area (Å²) in [6.45, 7) is 2.00. The SMILES string of the molecule is CCSCC(=O)Cc1ccc(Br)cc1F. The molecule has 1 rings (SSSR count). The largest absolute Gasteiger partial charge is 0.298 e. The lowest BCUT2D eigenvalue weighted by atomic mass is 10.1. The van der Waals surface area contributed by atoms with E-state index in [0.717, 1.165) is 5.75 Å². The van der Waals surface area contributed by atoms with Gasteiger partial charge in [-0.1, -0.05) is 28.9 Å². The Labute approximate surface area is 102 Å². The number of benzene rings is 1. The molecule has 0 aromatic heterocycles. The van der Waals surface area contributed by atoms with Crippen LogP contribution in [0.1, 0.15) is 12.5 Å². The van der Waals surface area contributed by atoms with Crippen LogP contribution in [0.4, 0.5) is 4.39 Å². The number of ketones is 1. The second-order valence-electron chi connectivity index (χ2n) is 3.09. The van der Waals surface area contributed by atoms with Gasteiger partial charge in [-0.3, -0.25) is 4.79 Å². The van der Waals surface area contributed by atoms with Crippen molar-refractivity contribution in [3.63, 3.8) is 0 Å². The van der Waals surface area contributed by atoms with Crippen LogP contribution in [0.5, 0.6) is 0 Å². The van der Waals surface area contributed by atoms with Gasteiger partial charge in [0.1, 0.15) is 11.6 Å². The molecular formula is C11H12BrFOS. The van der Waals surface area contributed by atoms with Crippen LogP contribution in [0, 0.1) is 5.82 Å². The Morgan fingerprint density at radius 1 is 1.53 bits per heavy atom. The first-order valence-corrected chi connectivity index (χ1v) is 6.61. The van der Waals surface area contributed by atoms with Crippen LogP contribution in [0.15, 0.2) is 22.7 Å². The fraction of sp³-hybridized carbons (Fsp3) is 0.364. The van der Waals surface area contributed by atoms with Gasteiger partial charge in [0, 0.05) is 10.9 Å². The fourth-order valence-corrected chi connectivity index (χ4v) is 2.01. The van der Waals surface area contributed by atoms with E-state index in [1.807, 2.05) is 6.92 Å². The van der Waals surface area contributed by atoms with Gasteiger partial charge in [-0.2, -0.15) is 11.8 Å². The van der Waals surface area contributed by atoms with Gasteiger partial charge in [0.25, 0.3) is 0 Å². The first kappa shape index (κ1) is 12.7. The Kier molecular flexibility index (Phi) is 5.32. The van der Waals surface area contributed by atoms with Crippen LogP contribution in [0.25, 0.3) is 0 Å². The summed E-state index contributed by atoms with van der Waals surface area (Å²) in [6.07, 6.45) is 0.187. The van der Waals surface area contributed by atoms with E-state index in [0.29, 0.717) is 15.8 Å². The van der Waals surface area contributed by atoms with Crippen molar-refractivity contribution in [3.8, 4) is 0 Å². The number of halogens is 2. The summed E-state index contributed by atoms with van der Waals surface area (Å²) in [7, 11) is 0. The number of carbonyl (C=O) groups is 1. The monoisotopic (exact) mass is 290 g/mol. The third-order valence-corrected chi connectivity index (χ3v) is 3.30. The molecule has 0 heterocycles. The van der Waals surface area contributed by atoms with Crippen molar-refractivity contribution in [1.82, 2.24) is 0 Å². The van der Waals surface area contributed by atoms with Gasteiger partial charge in [-0.25, -0.2) is 4.39 Å². The summed E-state index contributed by atoms with van der Waals surface area (Å²) in [5.41, 5.74) is 0.472. The molecule has 1 nitrogen and oxygen atoms in total. The zero-order chi connectivity index (χ0) is 11.3. The maximum absolute atomic E-state index is 13.3. The van der Waals surface area contributed by atoms with Crippen molar-refractivity contribution in [3.05, 3.63) is 34.1 Å². The molecule has 0 aliphatic rings. The minimum absolute atomic E-state index is 0.0723. The maximum Gasteiger partial charge on any atom is 0.147 e. The predicted octanol–water partition coefficient (Wildman–Crippen LogP) is 3.45.